The average Bonchev–Trinajstić information content (AvgIpc) is 2.21. The van der Waals surface area contributed by atoms with E-state index in [4.69, 9.17) is 12.2 Å². The van der Waals surface area contributed by atoms with E-state index in [0.717, 1.165) is 6.42 Å². The predicted molar refractivity (Wildman–Crippen MR) is 63.1 cm³/mol. The van der Waals surface area contributed by atoms with Gasteiger partial charge in [-0.25, -0.2) is 0 Å². The van der Waals surface area contributed by atoms with E-state index in [-0.39, 0.29) is 11.8 Å². The first-order chi connectivity index (χ1) is 7.06. The molecule has 0 fully saturated rings. The lowest BCUT2D eigenvalue weighted by Crippen LogP contribution is -2.39. The highest BCUT2D eigenvalue weighted by Crippen LogP contribution is 2.13. The molecule has 1 atom stereocenters. The fraction of sp³-hybridized carbons (Fsp3) is 0.750. The van der Waals surface area contributed by atoms with Crippen molar-refractivity contribution < 1.29 is 4.79 Å². The molecule has 0 saturated carbocycles. The van der Waals surface area contributed by atoms with Gasteiger partial charge in [-0.05, 0) is 19.3 Å². The van der Waals surface area contributed by atoms with Crippen LogP contribution in [0.15, 0.2) is 0 Å². The molecule has 0 aromatic heterocycles. The van der Waals surface area contributed by atoms with E-state index in [1.54, 1.807) is 4.90 Å². The molecule has 0 heterocycles. The van der Waals surface area contributed by atoms with E-state index in [9.17, 15) is 4.79 Å². The number of hydrogen-bond donors (Lipinski definition) is 1. The van der Waals surface area contributed by atoms with Crippen molar-refractivity contribution in [1.82, 2.24) is 4.90 Å². The maximum absolute atomic E-state index is 12.0. The van der Waals surface area contributed by atoms with Crippen LogP contribution in [0.5, 0.6) is 0 Å². The number of carbonyl (C=O) groups excluding carboxylic acids is 1. The van der Waals surface area contributed by atoms with Gasteiger partial charge in [0.25, 0.3) is 0 Å². The summed E-state index contributed by atoms with van der Waals surface area (Å²) in [5, 5.41) is 0. The average molecular weight is 210 g/mol. The van der Waals surface area contributed by atoms with Crippen LogP contribution in [0, 0.1) is 24.2 Å². The molecule has 2 N–H and O–H groups in total. The summed E-state index contributed by atoms with van der Waals surface area (Å²) in [4.78, 5) is 13.7. The molecule has 0 bridgehead atoms. The molecule has 3 heteroatoms. The zero-order valence-electron chi connectivity index (χ0n) is 9.99. The number of terminal acetylenes is 1. The smallest absolute Gasteiger partial charge is 0.227 e. The topological polar surface area (TPSA) is 46.3 Å². The van der Waals surface area contributed by atoms with Crippen LogP contribution in [0.2, 0.25) is 0 Å². The molecule has 15 heavy (non-hydrogen) atoms. The molecule has 3 nitrogen and oxygen atoms in total. The number of amides is 1. The molecule has 0 aromatic carbocycles. The Balaban J connectivity index is 4.41. The summed E-state index contributed by atoms with van der Waals surface area (Å²) in [5.74, 6) is 2.98. The van der Waals surface area contributed by atoms with Crippen molar-refractivity contribution in [3.63, 3.8) is 0 Å². The van der Waals surface area contributed by atoms with Crippen LogP contribution in [0.4, 0.5) is 0 Å². The van der Waals surface area contributed by atoms with Gasteiger partial charge in [0.15, 0.2) is 0 Å². The second kappa shape index (κ2) is 7.30. The first-order valence-corrected chi connectivity index (χ1v) is 5.49. The minimum Gasteiger partial charge on any atom is -0.332 e. The van der Waals surface area contributed by atoms with Crippen LogP contribution in [-0.2, 0) is 4.79 Å². The Morgan fingerprint density at radius 2 is 2.13 bits per heavy atom. The highest BCUT2D eigenvalue weighted by atomic mass is 16.2. The van der Waals surface area contributed by atoms with Gasteiger partial charge in [-0.15, -0.1) is 6.42 Å². The Kier molecular flexibility index (Phi) is 6.81. The zero-order chi connectivity index (χ0) is 11.8. The Morgan fingerprint density at radius 3 is 2.47 bits per heavy atom. The maximum Gasteiger partial charge on any atom is 0.227 e. The number of nitrogens with zero attached hydrogens (tertiary/aromatic N) is 1. The molecule has 0 rings (SSSR count). The summed E-state index contributed by atoms with van der Waals surface area (Å²) >= 11 is 0. The molecular formula is C12H22N2O. The number of nitrogens with two attached hydrogens (primary N) is 1. The van der Waals surface area contributed by atoms with E-state index >= 15 is 0 Å². The Hall–Kier alpha value is -1.01. The zero-order valence-corrected chi connectivity index (χ0v) is 9.99. The van der Waals surface area contributed by atoms with Crippen LogP contribution in [-0.4, -0.2) is 30.4 Å². The molecule has 0 aromatic rings. The Morgan fingerprint density at radius 1 is 1.53 bits per heavy atom. The summed E-state index contributed by atoms with van der Waals surface area (Å²) in [5.41, 5.74) is 5.61. The van der Waals surface area contributed by atoms with Crippen LogP contribution in [0.25, 0.3) is 0 Å². The quantitative estimate of drug-likeness (QED) is 0.667. The van der Waals surface area contributed by atoms with E-state index in [1.165, 1.54) is 0 Å². The van der Waals surface area contributed by atoms with Gasteiger partial charge in [0.1, 0.15) is 0 Å². The van der Waals surface area contributed by atoms with Crippen LogP contribution in [0.1, 0.15) is 27.2 Å². The van der Waals surface area contributed by atoms with Crippen molar-refractivity contribution in [2.45, 2.75) is 27.2 Å². The summed E-state index contributed by atoms with van der Waals surface area (Å²) in [7, 11) is 0. The van der Waals surface area contributed by atoms with E-state index in [0.29, 0.717) is 25.6 Å². The van der Waals surface area contributed by atoms with Gasteiger partial charge in [-0.2, -0.15) is 0 Å². The van der Waals surface area contributed by atoms with E-state index < -0.39 is 0 Å². The van der Waals surface area contributed by atoms with Gasteiger partial charge in [0.2, 0.25) is 5.91 Å². The van der Waals surface area contributed by atoms with Crippen LogP contribution in [0.3, 0.4) is 0 Å². The molecule has 0 radical (unpaired) electrons. The van der Waals surface area contributed by atoms with Gasteiger partial charge in [-0.3, -0.25) is 4.79 Å². The van der Waals surface area contributed by atoms with Crippen LogP contribution >= 0.6 is 0 Å². The predicted octanol–water partition coefficient (Wildman–Crippen LogP) is 1.09. The summed E-state index contributed by atoms with van der Waals surface area (Å²) < 4.78 is 0. The number of carbonyl (C=O) groups is 1. The minimum absolute atomic E-state index is 0.0849. The highest BCUT2D eigenvalue weighted by Gasteiger charge is 2.22. The number of rotatable bonds is 6. The highest BCUT2D eigenvalue weighted by molar-refractivity contribution is 5.79. The molecule has 0 aliphatic heterocycles. The molecule has 86 valence electrons. The third-order valence-electron chi connectivity index (χ3n) is 2.37. The molecule has 0 saturated heterocycles. The second-order valence-corrected chi connectivity index (χ2v) is 4.12. The molecule has 1 unspecified atom stereocenters. The van der Waals surface area contributed by atoms with Crippen molar-refractivity contribution in [2.24, 2.45) is 17.6 Å². The summed E-state index contributed by atoms with van der Waals surface area (Å²) in [6.07, 6.45) is 6.04. The number of hydrogen-bond acceptors (Lipinski definition) is 2. The lowest BCUT2D eigenvalue weighted by Gasteiger charge is -2.24. The van der Waals surface area contributed by atoms with Gasteiger partial charge < -0.3 is 10.6 Å². The maximum atomic E-state index is 12.0. The molecule has 0 aliphatic carbocycles. The van der Waals surface area contributed by atoms with Crippen molar-refractivity contribution >= 4 is 5.91 Å². The Labute approximate surface area is 93.0 Å². The fourth-order valence-electron chi connectivity index (χ4n) is 1.58. The van der Waals surface area contributed by atoms with Crippen molar-refractivity contribution in [1.29, 1.82) is 0 Å². The van der Waals surface area contributed by atoms with Crippen molar-refractivity contribution in [3.05, 3.63) is 0 Å². The second-order valence-electron chi connectivity index (χ2n) is 4.12. The van der Waals surface area contributed by atoms with Gasteiger partial charge >= 0.3 is 0 Å². The van der Waals surface area contributed by atoms with E-state index in [2.05, 4.69) is 19.8 Å². The molecule has 0 spiro atoms. The molecular weight excluding hydrogens is 188 g/mol. The lowest BCUT2D eigenvalue weighted by molar-refractivity contribution is -0.134. The first-order valence-electron chi connectivity index (χ1n) is 5.49. The Bertz CT molecular complexity index is 230. The first kappa shape index (κ1) is 14.0. The molecule has 1 amide bonds. The van der Waals surface area contributed by atoms with E-state index in [1.807, 2.05) is 6.92 Å². The minimum atomic E-state index is -0.0849. The summed E-state index contributed by atoms with van der Waals surface area (Å²) in [6.45, 7) is 7.54. The van der Waals surface area contributed by atoms with Gasteiger partial charge in [-0.1, -0.05) is 19.8 Å². The SMILES string of the molecule is C#CCN(CC)C(=O)C(CN)CC(C)C. The van der Waals surface area contributed by atoms with Crippen LogP contribution < -0.4 is 5.73 Å². The largest absolute Gasteiger partial charge is 0.332 e. The van der Waals surface area contributed by atoms with Crippen molar-refractivity contribution in [2.75, 3.05) is 19.6 Å². The third kappa shape index (κ3) is 4.85. The lowest BCUT2D eigenvalue weighted by atomic mass is 9.96. The standard InChI is InChI=1S/C12H22N2O/c1-5-7-14(6-2)12(15)11(9-13)8-10(3)4/h1,10-11H,6-9,13H2,2-4H3. The monoisotopic (exact) mass is 210 g/mol. The van der Waals surface area contributed by atoms with Gasteiger partial charge in [0.05, 0.1) is 12.5 Å². The third-order valence-corrected chi connectivity index (χ3v) is 2.37. The van der Waals surface area contributed by atoms with Crippen molar-refractivity contribution in [3.8, 4) is 12.3 Å². The summed E-state index contributed by atoms with van der Waals surface area (Å²) in [6, 6.07) is 0. The molecule has 0 aliphatic rings. The fourth-order valence-corrected chi connectivity index (χ4v) is 1.58. The van der Waals surface area contributed by atoms with Gasteiger partial charge in [0, 0.05) is 13.1 Å². The normalized spacial score (nSPS) is 12.3.